The van der Waals surface area contributed by atoms with Crippen LogP contribution in [0.25, 0.3) is 10.9 Å². The number of nitrogens with zero attached hydrogens (tertiary/aromatic N) is 2. The normalized spacial score (nSPS) is 12.6. The van der Waals surface area contributed by atoms with Crippen molar-refractivity contribution in [1.29, 1.82) is 0 Å². The van der Waals surface area contributed by atoms with Crippen LogP contribution in [0.3, 0.4) is 0 Å². The molecule has 0 aliphatic rings. The maximum absolute atomic E-state index is 13.1. The van der Waals surface area contributed by atoms with Crippen molar-refractivity contribution >= 4 is 28.7 Å². The standard InChI is InChI=1S/C25H29FN4O3.C2HF3O2/c1-30(24(31)20(28)14-10-17-8-12-19(26)13-9-17)22(7-4-16-27)25(32)33-23-15-11-18-5-2-3-6-21(18)29-23;3-2(4,5)1(6)7/h2-3,5-6,8-9,11-13,15,20,22H,4,7,10,14,16,27-28H2,1H3;(H,6,7)/t20-,22-;/m0./s1. The third-order valence-electron chi connectivity index (χ3n) is 5.76. The summed E-state index contributed by atoms with van der Waals surface area (Å²) >= 11 is 0. The van der Waals surface area contributed by atoms with Crippen LogP contribution in [0.1, 0.15) is 24.8 Å². The number of carboxylic acids is 1. The summed E-state index contributed by atoms with van der Waals surface area (Å²) in [4.78, 5) is 40.5. The number of amides is 1. The lowest BCUT2D eigenvalue weighted by Gasteiger charge is -2.28. The van der Waals surface area contributed by atoms with Crippen molar-refractivity contribution in [2.75, 3.05) is 13.6 Å². The van der Waals surface area contributed by atoms with Crippen molar-refractivity contribution < 1.29 is 41.8 Å². The molecule has 0 radical (unpaired) electrons. The predicted molar refractivity (Wildman–Crippen MR) is 139 cm³/mol. The molecule has 0 saturated carbocycles. The molecule has 0 bridgehead atoms. The quantitative estimate of drug-likeness (QED) is 0.250. The van der Waals surface area contributed by atoms with Gasteiger partial charge in [-0.2, -0.15) is 13.2 Å². The number of aryl methyl sites for hydroxylation is 1. The fraction of sp³-hybridized carbons (Fsp3) is 0.333. The molecular formula is C27H30F4N4O5. The van der Waals surface area contributed by atoms with Gasteiger partial charge < -0.3 is 26.2 Å². The van der Waals surface area contributed by atoms with E-state index in [0.717, 1.165) is 10.9 Å². The van der Waals surface area contributed by atoms with Gasteiger partial charge in [0.2, 0.25) is 11.8 Å². The Morgan fingerprint density at radius 1 is 1.02 bits per heavy atom. The Morgan fingerprint density at radius 2 is 1.65 bits per heavy atom. The number of benzene rings is 2. The molecular weight excluding hydrogens is 536 g/mol. The largest absolute Gasteiger partial charge is 0.490 e. The summed E-state index contributed by atoms with van der Waals surface area (Å²) in [6, 6.07) is 15.3. The molecule has 3 aromatic rings. The van der Waals surface area contributed by atoms with E-state index in [-0.39, 0.29) is 17.6 Å². The van der Waals surface area contributed by atoms with Crippen LogP contribution in [-0.2, 0) is 20.8 Å². The second-order valence-corrected chi connectivity index (χ2v) is 8.73. The van der Waals surface area contributed by atoms with Crippen LogP contribution in [-0.4, -0.2) is 64.7 Å². The van der Waals surface area contributed by atoms with Crippen LogP contribution in [0.15, 0.2) is 60.7 Å². The van der Waals surface area contributed by atoms with Gasteiger partial charge in [0.05, 0.1) is 11.6 Å². The van der Waals surface area contributed by atoms with Gasteiger partial charge in [0, 0.05) is 18.5 Å². The number of pyridine rings is 1. The second-order valence-electron chi connectivity index (χ2n) is 8.73. The fourth-order valence-corrected chi connectivity index (χ4v) is 3.57. The molecule has 216 valence electrons. The van der Waals surface area contributed by atoms with Gasteiger partial charge in [0.15, 0.2) is 0 Å². The van der Waals surface area contributed by atoms with E-state index in [1.165, 1.54) is 24.1 Å². The number of aromatic nitrogens is 1. The Hall–Kier alpha value is -4.10. The molecule has 0 fully saturated rings. The first kappa shape index (κ1) is 32.1. The smallest absolute Gasteiger partial charge is 0.475 e. The van der Waals surface area contributed by atoms with Gasteiger partial charge in [-0.3, -0.25) is 4.79 Å². The Morgan fingerprint density at radius 3 is 2.25 bits per heavy atom. The number of para-hydroxylation sites is 1. The summed E-state index contributed by atoms with van der Waals surface area (Å²) in [7, 11) is 1.54. The minimum Gasteiger partial charge on any atom is -0.475 e. The van der Waals surface area contributed by atoms with Gasteiger partial charge in [-0.05, 0) is 62.1 Å². The first-order valence-corrected chi connectivity index (χ1v) is 12.2. The van der Waals surface area contributed by atoms with Crippen LogP contribution in [0.4, 0.5) is 17.6 Å². The second kappa shape index (κ2) is 14.9. The van der Waals surface area contributed by atoms with Crippen molar-refractivity contribution in [3.63, 3.8) is 0 Å². The lowest BCUT2D eigenvalue weighted by Crippen LogP contribution is -2.50. The number of carboxylic acid groups (broad SMARTS) is 1. The molecule has 40 heavy (non-hydrogen) atoms. The monoisotopic (exact) mass is 566 g/mol. The van der Waals surface area contributed by atoms with Crippen LogP contribution in [0.2, 0.25) is 0 Å². The van der Waals surface area contributed by atoms with Gasteiger partial charge in [-0.25, -0.2) is 19.0 Å². The number of aliphatic carboxylic acids is 1. The van der Waals surface area contributed by atoms with E-state index in [1.54, 1.807) is 18.2 Å². The number of hydrogen-bond acceptors (Lipinski definition) is 7. The highest BCUT2D eigenvalue weighted by Crippen LogP contribution is 2.18. The van der Waals surface area contributed by atoms with Crippen molar-refractivity contribution in [3.05, 3.63) is 72.0 Å². The Balaban J connectivity index is 0.000000708. The zero-order valence-corrected chi connectivity index (χ0v) is 21.6. The highest BCUT2D eigenvalue weighted by Gasteiger charge is 2.38. The summed E-state index contributed by atoms with van der Waals surface area (Å²) in [5.74, 6) is -3.87. The number of halogens is 4. The van der Waals surface area contributed by atoms with Crippen LogP contribution < -0.4 is 16.2 Å². The predicted octanol–water partition coefficient (Wildman–Crippen LogP) is 3.44. The first-order valence-electron chi connectivity index (χ1n) is 12.2. The number of fused-ring (bicyclic) bond motifs is 1. The molecule has 2 aromatic carbocycles. The number of carbonyl (C=O) groups is 3. The van der Waals surface area contributed by atoms with E-state index in [2.05, 4.69) is 4.98 Å². The molecule has 2 atom stereocenters. The van der Waals surface area contributed by atoms with Crippen LogP contribution >= 0.6 is 0 Å². The highest BCUT2D eigenvalue weighted by molar-refractivity contribution is 5.88. The van der Waals surface area contributed by atoms with E-state index < -0.39 is 30.2 Å². The van der Waals surface area contributed by atoms with Crippen LogP contribution in [0, 0.1) is 5.82 Å². The first-order chi connectivity index (χ1) is 18.8. The van der Waals surface area contributed by atoms with E-state index in [1.807, 2.05) is 30.3 Å². The average molecular weight is 567 g/mol. The number of rotatable bonds is 10. The van der Waals surface area contributed by atoms with E-state index in [0.29, 0.717) is 37.7 Å². The maximum atomic E-state index is 13.1. The third-order valence-corrected chi connectivity index (χ3v) is 5.76. The highest BCUT2D eigenvalue weighted by atomic mass is 19.4. The van der Waals surface area contributed by atoms with E-state index >= 15 is 0 Å². The van der Waals surface area contributed by atoms with Crippen molar-refractivity contribution in [2.45, 2.75) is 43.9 Å². The number of ether oxygens (including phenoxy) is 1. The average Bonchev–Trinajstić information content (AvgIpc) is 2.92. The van der Waals surface area contributed by atoms with E-state index in [9.17, 15) is 27.2 Å². The number of hydrogen-bond donors (Lipinski definition) is 3. The van der Waals surface area contributed by atoms with Crippen LogP contribution in [0.5, 0.6) is 5.88 Å². The number of nitrogens with two attached hydrogens (primary N) is 2. The SMILES string of the molecule is CN(C(=O)[C@@H](N)CCc1ccc(F)cc1)[C@@H](CCCN)C(=O)Oc1ccc2ccccc2n1.O=C(O)C(F)(F)F. The summed E-state index contributed by atoms with van der Waals surface area (Å²) in [6.07, 6.45) is -3.33. The van der Waals surface area contributed by atoms with Crippen molar-refractivity contribution in [3.8, 4) is 5.88 Å². The fourth-order valence-electron chi connectivity index (χ4n) is 3.57. The lowest BCUT2D eigenvalue weighted by molar-refractivity contribution is -0.192. The Kier molecular flexibility index (Phi) is 12.0. The summed E-state index contributed by atoms with van der Waals surface area (Å²) in [5.41, 5.74) is 13.3. The number of esters is 1. The van der Waals surface area contributed by atoms with E-state index in [4.69, 9.17) is 26.1 Å². The van der Waals surface area contributed by atoms with Gasteiger partial charge in [0.25, 0.3) is 0 Å². The molecule has 0 aliphatic heterocycles. The van der Waals surface area contributed by atoms with Gasteiger partial charge in [0.1, 0.15) is 11.9 Å². The zero-order chi connectivity index (χ0) is 29.9. The molecule has 1 heterocycles. The van der Waals surface area contributed by atoms with Gasteiger partial charge in [-0.15, -0.1) is 0 Å². The number of alkyl halides is 3. The zero-order valence-electron chi connectivity index (χ0n) is 21.6. The lowest BCUT2D eigenvalue weighted by atomic mass is 10.0. The Bertz CT molecular complexity index is 1290. The summed E-state index contributed by atoms with van der Waals surface area (Å²) in [5, 5.41) is 8.05. The summed E-state index contributed by atoms with van der Waals surface area (Å²) < 4.78 is 50.3. The third kappa shape index (κ3) is 9.89. The molecule has 9 nitrogen and oxygen atoms in total. The molecule has 1 aromatic heterocycles. The molecule has 0 unspecified atom stereocenters. The molecule has 3 rings (SSSR count). The topological polar surface area (TPSA) is 149 Å². The molecule has 1 amide bonds. The Labute approximate surface area is 227 Å². The number of carbonyl (C=O) groups excluding carboxylic acids is 2. The minimum absolute atomic E-state index is 0.165. The molecule has 5 N–H and O–H groups in total. The number of likely N-dealkylation sites (N-methyl/N-ethyl adjacent to an activating group) is 1. The molecule has 0 saturated heterocycles. The van der Waals surface area contributed by atoms with Gasteiger partial charge >= 0.3 is 18.1 Å². The van der Waals surface area contributed by atoms with Crippen molar-refractivity contribution in [1.82, 2.24) is 9.88 Å². The molecule has 0 spiro atoms. The summed E-state index contributed by atoms with van der Waals surface area (Å²) in [6.45, 7) is 0.372. The maximum Gasteiger partial charge on any atom is 0.490 e. The molecule has 13 heteroatoms. The minimum atomic E-state index is -5.08. The van der Waals surface area contributed by atoms with Gasteiger partial charge in [-0.1, -0.05) is 30.3 Å². The molecule has 0 aliphatic carbocycles. The van der Waals surface area contributed by atoms with Crippen molar-refractivity contribution in [2.24, 2.45) is 11.5 Å².